The monoisotopic (exact) mass is 306 g/mol. The summed E-state index contributed by atoms with van der Waals surface area (Å²) in [4.78, 5) is 0. The summed E-state index contributed by atoms with van der Waals surface area (Å²) in [6, 6.07) is 0. The van der Waals surface area contributed by atoms with Crippen LogP contribution in [0.25, 0.3) is 0 Å². The van der Waals surface area contributed by atoms with Crippen molar-refractivity contribution in [3.63, 3.8) is 0 Å². The number of aliphatic hydroxyl groups excluding tert-OH is 1. The van der Waals surface area contributed by atoms with Crippen LogP contribution in [-0.4, -0.2) is 11.7 Å². The minimum absolute atomic E-state index is 0.250. The van der Waals surface area contributed by atoms with Crippen LogP contribution in [0, 0.1) is 10.7 Å². The molecule has 0 radical (unpaired) electrons. The Morgan fingerprint density at radius 1 is 2.00 bits per heavy atom. The Kier molecular flexibility index (Phi) is 24.2. The van der Waals surface area contributed by atoms with E-state index in [2.05, 4.69) is 0 Å². The standard InChI is InChI=1S/C2H6O.CHNS.Hg/c1-2-3;2-1-3;/h3H,2H2,1H3;3H;/q;;+1/p-1. The fourth-order valence-corrected chi connectivity index (χ4v) is 0. The zero-order valence-electron chi connectivity index (χ0n) is 4.22. The van der Waals surface area contributed by atoms with Gasteiger partial charge in [-0.25, -0.2) is 0 Å². The maximum absolute atomic E-state index is 7.64. The van der Waals surface area contributed by atoms with Crippen LogP contribution in [-0.2, 0) is 24.6 Å². The van der Waals surface area contributed by atoms with Gasteiger partial charge < -0.3 is 5.11 Å². The third kappa shape index (κ3) is 50.2. The van der Waals surface area contributed by atoms with Gasteiger partial charge in [0.2, 0.25) is 0 Å². The first-order chi connectivity index (χ1) is 3.33. The van der Waals surface area contributed by atoms with Crippen LogP contribution in [0.5, 0.6) is 0 Å². The van der Waals surface area contributed by atoms with Gasteiger partial charge in [-0.15, -0.1) is 0 Å². The van der Waals surface area contributed by atoms with Crippen molar-refractivity contribution in [3.8, 4) is 5.40 Å². The summed E-state index contributed by atoms with van der Waals surface area (Å²) in [5.41, 5.74) is 0. The Morgan fingerprint density at radius 2 is 2.14 bits per heavy atom. The predicted molar refractivity (Wildman–Crippen MR) is 26.0 cm³/mol. The van der Waals surface area contributed by atoms with Crippen LogP contribution in [0.15, 0.2) is 0 Å². The summed E-state index contributed by atoms with van der Waals surface area (Å²) >= 11 is 0.629. The second kappa shape index (κ2) is 15.9. The van der Waals surface area contributed by atoms with E-state index in [9.17, 15) is 0 Å². The van der Waals surface area contributed by atoms with E-state index in [0.717, 1.165) is 0 Å². The molecule has 0 aromatic rings. The SMILES string of the molecule is CCO.N#C[S][Hg]. The molecule has 0 saturated heterocycles. The van der Waals surface area contributed by atoms with Crippen LogP contribution in [0.3, 0.4) is 0 Å². The molecule has 0 bridgehead atoms. The molecular formula is C3H6HgNOS. The number of nitriles is 1. The maximum atomic E-state index is 7.64. The van der Waals surface area contributed by atoms with E-state index in [1.54, 1.807) is 6.92 Å². The fraction of sp³-hybridized carbons (Fsp3) is 0.667. The molecule has 4 heteroatoms. The molecule has 0 aromatic heterocycles. The Bertz CT molecular complexity index is 53.4. The molecule has 0 aliphatic heterocycles. The summed E-state index contributed by atoms with van der Waals surface area (Å²) in [6.07, 6.45) is 0. The summed E-state index contributed by atoms with van der Waals surface area (Å²) < 4.78 is 0. The zero-order chi connectivity index (χ0) is 6.12. The second-order valence-corrected chi connectivity index (χ2v) is 4.39. The minimum atomic E-state index is 0.250. The molecule has 0 unspecified atom stereocenters. The summed E-state index contributed by atoms with van der Waals surface area (Å²) in [5, 5.41) is 17.1. The van der Waals surface area contributed by atoms with Crippen molar-refractivity contribution in [2.24, 2.45) is 0 Å². The summed E-state index contributed by atoms with van der Waals surface area (Å²) in [7, 11) is 1.36. The van der Waals surface area contributed by atoms with Gasteiger partial charge in [0.1, 0.15) is 0 Å². The fourth-order valence-electron chi connectivity index (χ4n) is 0. The van der Waals surface area contributed by atoms with E-state index in [-0.39, 0.29) is 6.61 Å². The van der Waals surface area contributed by atoms with E-state index in [4.69, 9.17) is 10.4 Å². The predicted octanol–water partition coefficient (Wildman–Crippen LogP) is 0.661. The van der Waals surface area contributed by atoms with E-state index < -0.39 is 0 Å². The van der Waals surface area contributed by atoms with Crippen LogP contribution in [0.1, 0.15) is 6.92 Å². The molecule has 37 valence electrons. The molecule has 0 aliphatic rings. The Balaban J connectivity index is 0. The molecule has 0 spiro atoms. The zero-order valence-corrected chi connectivity index (χ0v) is 10.5. The van der Waals surface area contributed by atoms with Gasteiger partial charge in [0, 0.05) is 6.61 Å². The third-order valence-corrected chi connectivity index (χ3v) is 1.70. The first-order valence-electron chi connectivity index (χ1n) is 1.74. The van der Waals surface area contributed by atoms with Crippen LogP contribution in [0.2, 0.25) is 0 Å². The summed E-state index contributed by atoms with van der Waals surface area (Å²) in [6.45, 7) is 1.93. The number of aliphatic hydroxyl groups is 1. The van der Waals surface area contributed by atoms with Gasteiger partial charge in [-0.3, -0.25) is 0 Å². The molecule has 0 saturated carbocycles. The second-order valence-electron chi connectivity index (χ2n) is 0.552. The molecule has 0 aliphatic carbocycles. The van der Waals surface area contributed by atoms with Crippen molar-refractivity contribution in [2.75, 3.05) is 6.61 Å². The number of hydrogen-bond donors (Lipinski definition) is 1. The number of nitrogens with zero attached hydrogens (tertiary/aromatic N) is 1. The topological polar surface area (TPSA) is 44.0 Å². The molecular weight excluding hydrogens is 299 g/mol. The quantitative estimate of drug-likeness (QED) is 0.528. The van der Waals surface area contributed by atoms with Gasteiger partial charge in [0.25, 0.3) is 0 Å². The van der Waals surface area contributed by atoms with Crippen molar-refractivity contribution in [3.05, 3.63) is 0 Å². The van der Waals surface area contributed by atoms with Gasteiger partial charge in [0.15, 0.2) is 0 Å². The van der Waals surface area contributed by atoms with E-state index in [0.29, 0.717) is 24.6 Å². The molecule has 7 heavy (non-hydrogen) atoms. The van der Waals surface area contributed by atoms with Gasteiger partial charge in [-0.05, 0) is 6.92 Å². The number of rotatable bonds is 0. The number of hydrogen-bond acceptors (Lipinski definition) is 3. The molecule has 0 amide bonds. The van der Waals surface area contributed by atoms with E-state index in [1.165, 1.54) is 8.24 Å². The molecule has 0 atom stereocenters. The van der Waals surface area contributed by atoms with Crippen LogP contribution < -0.4 is 0 Å². The number of thiocyanates is 1. The van der Waals surface area contributed by atoms with Gasteiger partial charge >= 0.3 is 43.5 Å². The Morgan fingerprint density at radius 3 is 2.14 bits per heavy atom. The van der Waals surface area contributed by atoms with E-state index >= 15 is 0 Å². The molecule has 2 nitrogen and oxygen atoms in total. The Labute approximate surface area is 62.0 Å². The van der Waals surface area contributed by atoms with Crippen molar-refractivity contribution < 1.29 is 29.7 Å². The van der Waals surface area contributed by atoms with Crippen molar-refractivity contribution in [1.29, 1.82) is 5.26 Å². The first kappa shape index (κ1) is 10.7. The normalized spacial score (nSPS) is 5.57. The van der Waals surface area contributed by atoms with Gasteiger partial charge in [-0.2, -0.15) is 0 Å². The average molecular weight is 305 g/mol. The molecule has 0 rings (SSSR count). The van der Waals surface area contributed by atoms with Crippen LogP contribution >= 0.6 is 8.24 Å². The molecule has 0 heterocycles. The third-order valence-electron chi connectivity index (χ3n) is 0.0645. The van der Waals surface area contributed by atoms with E-state index in [1.807, 2.05) is 5.40 Å². The van der Waals surface area contributed by atoms with Crippen molar-refractivity contribution in [2.45, 2.75) is 6.92 Å². The first-order valence-corrected chi connectivity index (χ1v) is 9.46. The average Bonchev–Trinajstić information content (AvgIpc) is 1.69. The van der Waals surface area contributed by atoms with Crippen molar-refractivity contribution >= 4 is 8.24 Å². The van der Waals surface area contributed by atoms with Gasteiger partial charge in [0.05, 0.1) is 0 Å². The van der Waals surface area contributed by atoms with Crippen LogP contribution in [0.4, 0.5) is 0 Å². The Hall–Kier alpha value is 0.735. The van der Waals surface area contributed by atoms with Crippen molar-refractivity contribution in [1.82, 2.24) is 0 Å². The molecule has 0 aromatic carbocycles. The summed E-state index contributed by atoms with van der Waals surface area (Å²) in [5.74, 6) is 0. The molecule has 0 fully saturated rings. The molecule has 1 N–H and O–H groups in total. The van der Waals surface area contributed by atoms with Gasteiger partial charge in [-0.1, -0.05) is 0 Å².